The van der Waals surface area contributed by atoms with Crippen molar-refractivity contribution >= 4 is 17.4 Å². The maximum absolute atomic E-state index is 11.8. The third-order valence-electron chi connectivity index (χ3n) is 2.70. The fourth-order valence-corrected chi connectivity index (χ4v) is 2.21. The number of hydrogen-bond acceptors (Lipinski definition) is 4. The number of benzene rings is 1. The first-order valence-electron chi connectivity index (χ1n) is 5.41. The van der Waals surface area contributed by atoms with Gasteiger partial charge in [-0.3, -0.25) is 4.79 Å². The molecule has 17 heavy (non-hydrogen) atoms. The minimum absolute atomic E-state index is 0.0459. The van der Waals surface area contributed by atoms with Gasteiger partial charge in [0.25, 0.3) is 0 Å². The van der Waals surface area contributed by atoms with Crippen molar-refractivity contribution in [3.63, 3.8) is 0 Å². The highest BCUT2D eigenvalue weighted by molar-refractivity contribution is 6.33. The maximum atomic E-state index is 11.8. The largest absolute Gasteiger partial charge is 0.453 e. The molecule has 0 fully saturated rings. The van der Waals surface area contributed by atoms with E-state index in [4.69, 9.17) is 26.8 Å². The molecule has 0 bridgehead atoms. The van der Waals surface area contributed by atoms with E-state index in [0.29, 0.717) is 22.1 Å². The number of ketones is 1. The molecule has 0 spiro atoms. The van der Waals surface area contributed by atoms with Crippen LogP contribution in [0.3, 0.4) is 0 Å². The lowest BCUT2D eigenvalue weighted by atomic mass is 9.93. The van der Waals surface area contributed by atoms with Crippen LogP contribution < -0.4 is 15.2 Å². The second-order valence-corrected chi connectivity index (χ2v) is 4.57. The number of ether oxygens (including phenoxy) is 2. The summed E-state index contributed by atoms with van der Waals surface area (Å²) in [4.78, 5) is 11.8. The van der Waals surface area contributed by atoms with Crippen LogP contribution in [0.5, 0.6) is 11.5 Å². The molecule has 0 amide bonds. The van der Waals surface area contributed by atoms with Crippen LogP contribution in [-0.2, 0) is 0 Å². The number of nitrogens with two attached hydrogens (primary N) is 1. The second kappa shape index (κ2) is 4.55. The monoisotopic (exact) mass is 255 g/mol. The number of halogens is 1. The normalized spacial score (nSPS) is 13.2. The Balaban J connectivity index is 2.67. The van der Waals surface area contributed by atoms with Crippen molar-refractivity contribution in [3.05, 3.63) is 22.2 Å². The van der Waals surface area contributed by atoms with Gasteiger partial charge < -0.3 is 15.2 Å². The summed E-state index contributed by atoms with van der Waals surface area (Å²) in [7, 11) is 0. The van der Waals surface area contributed by atoms with E-state index in [1.165, 1.54) is 0 Å². The predicted octanol–water partition coefficient (Wildman–Crippen LogP) is 2.33. The molecule has 1 heterocycles. The van der Waals surface area contributed by atoms with Gasteiger partial charge in [-0.1, -0.05) is 25.4 Å². The molecule has 0 atom stereocenters. The third-order valence-corrected chi connectivity index (χ3v) is 2.98. The van der Waals surface area contributed by atoms with Gasteiger partial charge in [-0.15, -0.1) is 0 Å². The van der Waals surface area contributed by atoms with Gasteiger partial charge in [0, 0.05) is 11.1 Å². The number of rotatable bonds is 3. The van der Waals surface area contributed by atoms with E-state index in [-0.39, 0.29) is 25.0 Å². The second-order valence-electron chi connectivity index (χ2n) is 4.17. The molecule has 0 aromatic heterocycles. The molecule has 2 rings (SSSR count). The van der Waals surface area contributed by atoms with Crippen molar-refractivity contribution < 1.29 is 14.3 Å². The summed E-state index contributed by atoms with van der Waals surface area (Å²) in [6.45, 7) is 4.06. The van der Waals surface area contributed by atoms with Crippen LogP contribution in [0.4, 0.5) is 0 Å². The molecular weight excluding hydrogens is 242 g/mol. The van der Waals surface area contributed by atoms with Crippen molar-refractivity contribution in [1.29, 1.82) is 0 Å². The Bertz CT molecular complexity index is 471. The molecule has 1 aliphatic heterocycles. The molecule has 92 valence electrons. The van der Waals surface area contributed by atoms with Gasteiger partial charge in [-0.25, -0.2) is 0 Å². The molecule has 0 unspecified atom stereocenters. The van der Waals surface area contributed by atoms with Crippen LogP contribution in [0.2, 0.25) is 5.02 Å². The summed E-state index contributed by atoms with van der Waals surface area (Å²) in [5, 5.41) is 0.388. The average molecular weight is 256 g/mol. The van der Waals surface area contributed by atoms with Crippen molar-refractivity contribution in [2.24, 2.45) is 5.73 Å². The SMILES string of the molecule is CC(C)c1c(C(=O)CN)cc(Cl)c2c1OCO2. The Hall–Kier alpha value is -1.26. The number of Topliss-reactive ketones (excluding diaryl/α,β-unsaturated/α-hetero) is 1. The Labute approximate surface area is 105 Å². The summed E-state index contributed by atoms with van der Waals surface area (Å²) >= 11 is 6.05. The van der Waals surface area contributed by atoms with Gasteiger partial charge in [0.05, 0.1) is 11.6 Å². The highest BCUT2D eigenvalue weighted by Gasteiger charge is 2.28. The first kappa shape index (κ1) is 12.2. The quantitative estimate of drug-likeness (QED) is 0.842. The van der Waals surface area contributed by atoms with Gasteiger partial charge in [-0.05, 0) is 12.0 Å². The minimum atomic E-state index is -0.145. The van der Waals surface area contributed by atoms with Gasteiger partial charge >= 0.3 is 0 Å². The molecule has 0 radical (unpaired) electrons. The Morgan fingerprint density at radius 3 is 2.71 bits per heavy atom. The lowest BCUT2D eigenvalue weighted by molar-refractivity contribution is 0.0999. The lowest BCUT2D eigenvalue weighted by Crippen LogP contribution is -2.16. The topological polar surface area (TPSA) is 61.6 Å². The van der Waals surface area contributed by atoms with Crippen LogP contribution >= 0.6 is 11.6 Å². The average Bonchev–Trinajstić information content (AvgIpc) is 2.76. The maximum Gasteiger partial charge on any atom is 0.231 e. The number of fused-ring (bicyclic) bond motifs is 1. The molecule has 0 saturated carbocycles. The highest BCUT2D eigenvalue weighted by Crippen LogP contribution is 2.46. The molecule has 4 nitrogen and oxygen atoms in total. The number of carbonyl (C=O) groups is 1. The van der Waals surface area contributed by atoms with E-state index < -0.39 is 0 Å². The zero-order chi connectivity index (χ0) is 12.6. The summed E-state index contributed by atoms with van der Waals surface area (Å²) in [6.07, 6.45) is 0. The van der Waals surface area contributed by atoms with Crippen molar-refractivity contribution in [1.82, 2.24) is 0 Å². The van der Waals surface area contributed by atoms with Gasteiger partial charge in [-0.2, -0.15) is 0 Å². The first-order valence-corrected chi connectivity index (χ1v) is 5.79. The zero-order valence-electron chi connectivity index (χ0n) is 9.75. The summed E-state index contributed by atoms with van der Waals surface area (Å²) < 4.78 is 10.7. The molecule has 5 heteroatoms. The van der Waals surface area contributed by atoms with Crippen LogP contribution in [0.25, 0.3) is 0 Å². The van der Waals surface area contributed by atoms with Crippen molar-refractivity contribution in [2.75, 3.05) is 13.3 Å². The van der Waals surface area contributed by atoms with Gasteiger partial charge in [0.1, 0.15) is 0 Å². The van der Waals surface area contributed by atoms with E-state index in [9.17, 15) is 4.79 Å². The Kier molecular flexibility index (Phi) is 3.26. The Morgan fingerprint density at radius 1 is 1.47 bits per heavy atom. The zero-order valence-corrected chi connectivity index (χ0v) is 10.5. The molecule has 0 aliphatic carbocycles. The molecule has 2 N–H and O–H groups in total. The standard InChI is InChI=1S/C12H14ClNO3/c1-6(2)10-7(9(15)4-14)3-8(13)11-12(10)17-5-16-11/h3,6H,4-5,14H2,1-2H3. The van der Waals surface area contributed by atoms with E-state index in [0.717, 1.165) is 5.56 Å². The van der Waals surface area contributed by atoms with Crippen LogP contribution in [0.15, 0.2) is 6.07 Å². The summed E-state index contributed by atoms with van der Waals surface area (Å²) in [5.74, 6) is 1.08. The van der Waals surface area contributed by atoms with E-state index in [1.807, 2.05) is 13.8 Å². The van der Waals surface area contributed by atoms with Crippen LogP contribution in [0, 0.1) is 0 Å². The molecule has 1 aromatic carbocycles. The Morgan fingerprint density at radius 2 is 2.12 bits per heavy atom. The summed E-state index contributed by atoms with van der Waals surface area (Å²) in [6, 6.07) is 1.61. The van der Waals surface area contributed by atoms with Crippen molar-refractivity contribution in [3.8, 4) is 11.5 Å². The number of hydrogen-bond donors (Lipinski definition) is 1. The minimum Gasteiger partial charge on any atom is -0.453 e. The van der Waals surface area contributed by atoms with Gasteiger partial charge in [0.15, 0.2) is 17.3 Å². The van der Waals surface area contributed by atoms with Gasteiger partial charge in [0.2, 0.25) is 6.79 Å². The molecule has 1 aromatic rings. The van der Waals surface area contributed by atoms with E-state index in [2.05, 4.69) is 0 Å². The van der Waals surface area contributed by atoms with Crippen LogP contribution in [-0.4, -0.2) is 19.1 Å². The molecule has 0 saturated heterocycles. The van der Waals surface area contributed by atoms with E-state index >= 15 is 0 Å². The first-order chi connectivity index (χ1) is 8.06. The van der Waals surface area contributed by atoms with Crippen LogP contribution in [0.1, 0.15) is 35.7 Å². The van der Waals surface area contributed by atoms with E-state index in [1.54, 1.807) is 6.07 Å². The smallest absolute Gasteiger partial charge is 0.231 e. The van der Waals surface area contributed by atoms with Crippen molar-refractivity contribution in [2.45, 2.75) is 19.8 Å². The molecule has 1 aliphatic rings. The number of carbonyl (C=O) groups excluding carboxylic acids is 1. The fraction of sp³-hybridized carbons (Fsp3) is 0.417. The fourth-order valence-electron chi connectivity index (χ4n) is 1.96. The summed E-state index contributed by atoms with van der Waals surface area (Å²) in [5.41, 5.74) is 6.75. The molecular formula is C12H14ClNO3. The highest BCUT2D eigenvalue weighted by atomic mass is 35.5. The lowest BCUT2D eigenvalue weighted by Gasteiger charge is -2.15. The predicted molar refractivity (Wildman–Crippen MR) is 65.0 cm³/mol. The third kappa shape index (κ3) is 1.98.